The average Bonchev–Trinajstić information content (AvgIpc) is 2.32. The van der Waals surface area contributed by atoms with E-state index in [0.29, 0.717) is 10.3 Å². The van der Waals surface area contributed by atoms with Gasteiger partial charge in [0, 0.05) is 6.20 Å². The van der Waals surface area contributed by atoms with Crippen LogP contribution in [0.25, 0.3) is 0 Å². The Morgan fingerprint density at radius 3 is 2.76 bits per heavy atom. The van der Waals surface area contributed by atoms with E-state index in [0.717, 1.165) is 0 Å². The van der Waals surface area contributed by atoms with Gasteiger partial charge in [-0.15, -0.1) is 0 Å². The molecule has 1 amide bonds. The molecule has 0 spiro atoms. The number of pyridine rings is 2. The maximum atomic E-state index is 11.7. The maximum absolute atomic E-state index is 11.7. The molecule has 2 heterocycles. The number of hydrogen-bond acceptors (Lipinski definition) is 4. The molecule has 17 heavy (non-hydrogen) atoms. The first-order valence-corrected chi connectivity index (χ1v) is 5.51. The molecule has 2 rings (SSSR count). The minimum atomic E-state index is -0.350. The van der Waals surface area contributed by atoms with Gasteiger partial charge in [0.15, 0.2) is 0 Å². The summed E-state index contributed by atoms with van der Waals surface area (Å²) >= 11 is 3.20. The third-order valence-electron chi connectivity index (χ3n) is 1.97. The summed E-state index contributed by atoms with van der Waals surface area (Å²) in [5.41, 5.74) is 0.856. The van der Waals surface area contributed by atoms with Crippen molar-refractivity contribution in [2.24, 2.45) is 0 Å². The van der Waals surface area contributed by atoms with Gasteiger partial charge in [-0.3, -0.25) is 9.78 Å². The van der Waals surface area contributed by atoms with E-state index >= 15 is 0 Å². The van der Waals surface area contributed by atoms with Crippen LogP contribution in [0.3, 0.4) is 0 Å². The Kier molecular flexibility index (Phi) is 3.34. The van der Waals surface area contributed by atoms with E-state index in [1.807, 2.05) is 0 Å². The fourth-order valence-electron chi connectivity index (χ4n) is 1.20. The molecule has 5 nitrogen and oxygen atoms in total. The standard InChI is InChI=1S/C11H8BrN3O2/c12-10-2-1-8(5-14-10)15-11(17)7-3-9(16)6-13-4-7/h1-6,16H,(H,15,17). The van der Waals surface area contributed by atoms with Crippen molar-refractivity contribution in [2.75, 3.05) is 5.32 Å². The van der Waals surface area contributed by atoms with Gasteiger partial charge in [0.1, 0.15) is 10.4 Å². The number of hydrogen-bond donors (Lipinski definition) is 2. The van der Waals surface area contributed by atoms with Gasteiger partial charge >= 0.3 is 0 Å². The van der Waals surface area contributed by atoms with Crippen LogP contribution >= 0.6 is 15.9 Å². The summed E-state index contributed by atoms with van der Waals surface area (Å²) in [5, 5.41) is 11.8. The fourth-order valence-corrected chi connectivity index (χ4v) is 1.44. The number of carbonyl (C=O) groups is 1. The van der Waals surface area contributed by atoms with Gasteiger partial charge in [-0.25, -0.2) is 4.98 Å². The van der Waals surface area contributed by atoms with Crippen LogP contribution in [0, 0.1) is 0 Å². The van der Waals surface area contributed by atoms with Crippen molar-refractivity contribution in [1.82, 2.24) is 9.97 Å². The van der Waals surface area contributed by atoms with Gasteiger partial charge < -0.3 is 10.4 Å². The lowest BCUT2D eigenvalue weighted by molar-refractivity contribution is 0.102. The number of nitrogens with zero attached hydrogens (tertiary/aromatic N) is 2. The molecule has 0 saturated carbocycles. The van der Waals surface area contributed by atoms with Crippen LogP contribution in [0.5, 0.6) is 5.75 Å². The number of aromatic hydroxyl groups is 1. The molecule has 0 saturated heterocycles. The summed E-state index contributed by atoms with van der Waals surface area (Å²) in [6.45, 7) is 0. The molecule has 0 aliphatic rings. The monoisotopic (exact) mass is 293 g/mol. The second-order valence-electron chi connectivity index (χ2n) is 3.26. The van der Waals surface area contributed by atoms with Gasteiger partial charge in [-0.05, 0) is 34.1 Å². The summed E-state index contributed by atoms with van der Waals surface area (Å²) in [6.07, 6.45) is 4.16. The molecule has 0 aliphatic heterocycles. The van der Waals surface area contributed by atoms with Crippen LogP contribution in [-0.4, -0.2) is 21.0 Å². The number of aromatic nitrogens is 2. The van der Waals surface area contributed by atoms with Crippen LogP contribution in [0.15, 0.2) is 41.4 Å². The van der Waals surface area contributed by atoms with Crippen molar-refractivity contribution in [1.29, 1.82) is 0 Å². The zero-order chi connectivity index (χ0) is 12.3. The molecule has 0 atom stereocenters. The summed E-state index contributed by atoms with van der Waals surface area (Å²) in [4.78, 5) is 19.5. The summed E-state index contributed by atoms with van der Waals surface area (Å²) in [5.74, 6) is -0.399. The highest BCUT2D eigenvalue weighted by Crippen LogP contribution is 2.13. The molecule has 86 valence electrons. The fraction of sp³-hybridized carbons (Fsp3) is 0. The lowest BCUT2D eigenvalue weighted by Crippen LogP contribution is -2.12. The topological polar surface area (TPSA) is 75.1 Å². The van der Waals surface area contributed by atoms with Gasteiger partial charge in [0.25, 0.3) is 5.91 Å². The average molecular weight is 294 g/mol. The van der Waals surface area contributed by atoms with Gasteiger partial charge in [0.05, 0.1) is 23.6 Å². The van der Waals surface area contributed by atoms with Crippen molar-refractivity contribution in [2.45, 2.75) is 0 Å². The number of rotatable bonds is 2. The lowest BCUT2D eigenvalue weighted by atomic mass is 10.2. The normalized spacial score (nSPS) is 9.94. The SMILES string of the molecule is O=C(Nc1ccc(Br)nc1)c1cncc(O)c1. The highest BCUT2D eigenvalue weighted by atomic mass is 79.9. The predicted molar refractivity (Wildman–Crippen MR) is 65.8 cm³/mol. The van der Waals surface area contributed by atoms with Gasteiger partial charge in [-0.2, -0.15) is 0 Å². The molecular weight excluding hydrogens is 286 g/mol. The highest BCUT2D eigenvalue weighted by molar-refractivity contribution is 9.10. The molecular formula is C11H8BrN3O2. The maximum Gasteiger partial charge on any atom is 0.257 e. The zero-order valence-electron chi connectivity index (χ0n) is 8.59. The van der Waals surface area contributed by atoms with E-state index < -0.39 is 0 Å². The van der Waals surface area contributed by atoms with Crippen molar-refractivity contribution < 1.29 is 9.90 Å². The molecule has 6 heteroatoms. The first kappa shape index (κ1) is 11.5. The second kappa shape index (κ2) is 4.92. The highest BCUT2D eigenvalue weighted by Gasteiger charge is 2.07. The van der Waals surface area contributed by atoms with Crippen LogP contribution in [0.2, 0.25) is 0 Å². The van der Waals surface area contributed by atoms with Gasteiger partial charge in [0.2, 0.25) is 0 Å². The quantitative estimate of drug-likeness (QED) is 0.833. The van der Waals surface area contributed by atoms with Crippen LogP contribution in [0.4, 0.5) is 5.69 Å². The van der Waals surface area contributed by atoms with Crippen molar-refractivity contribution in [3.8, 4) is 5.75 Å². The lowest BCUT2D eigenvalue weighted by Gasteiger charge is -2.04. The third kappa shape index (κ3) is 3.01. The summed E-state index contributed by atoms with van der Waals surface area (Å²) in [6, 6.07) is 4.77. The Morgan fingerprint density at radius 1 is 1.29 bits per heavy atom. The van der Waals surface area contributed by atoms with E-state index in [1.165, 1.54) is 24.7 Å². The second-order valence-corrected chi connectivity index (χ2v) is 4.07. The number of halogens is 1. The Balaban J connectivity index is 2.14. The first-order valence-electron chi connectivity index (χ1n) is 4.72. The summed E-state index contributed by atoms with van der Waals surface area (Å²) < 4.78 is 0.689. The smallest absolute Gasteiger partial charge is 0.257 e. The molecule has 0 aliphatic carbocycles. The number of carbonyl (C=O) groups excluding carboxylic acids is 1. The van der Waals surface area contributed by atoms with E-state index in [-0.39, 0.29) is 17.2 Å². The molecule has 2 aromatic rings. The minimum Gasteiger partial charge on any atom is -0.506 e. The molecule has 0 radical (unpaired) electrons. The van der Waals surface area contributed by atoms with Crippen molar-refractivity contribution >= 4 is 27.5 Å². The predicted octanol–water partition coefficient (Wildman–Crippen LogP) is 2.20. The molecule has 0 unspecified atom stereocenters. The number of anilines is 1. The Hall–Kier alpha value is -1.95. The Labute approximate surface area is 106 Å². The van der Waals surface area contributed by atoms with E-state index in [1.54, 1.807) is 12.1 Å². The number of nitrogens with one attached hydrogen (secondary N) is 1. The number of amides is 1. The zero-order valence-corrected chi connectivity index (χ0v) is 10.2. The van der Waals surface area contributed by atoms with E-state index in [9.17, 15) is 9.90 Å². The van der Waals surface area contributed by atoms with E-state index in [4.69, 9.17) is 0 Å². The van der Waals surface area contributed by atoms with Crippen LogP contribution < -0.4 is 5.32 Å². The molecule has 2 aromatic heterocycles. The first-order chi connectivity index (χ1) is 8.15. The molecule has 0 aromatic carbocycles. The molecule has 2 N–H and O–H groups in total. The van der Waals surface area contributed by atoms with E-state index in [2.05, 4.69) is 31.2 Å². The molecule has 0 fully saturated rings. The van der Waals surface area contributed by atoms with Crippen LogP contribution in [-0.2, 0) is 0 Å². The molecule has 0 bridgehead atoms. The minimum absolute atomic E-state index is 0.0495. The summed E-state index contributed by atoms with van der Waals surface area (Å²) in [7, 11) is 0. The third-order valence-corrected chi connectivity index (χ3v) is 2.44. The Morgan fingerprint density at radius 2 is 2.12 bits per heavy atom. The Bertz CT molecular complexity index is 543. The van der Waals surface area contributed by atoms with Crippen LogP contribution in [0.1, 0.15) is 10.4 Å². The largest absolute Gasteiger partial charge is 0.506 e. The van der Waals surface area contributed by atoms with Gasteiger partial charge in [-0.1, -0.05) is 0 Å². The van der Waals surface area contributed by atoms with Crippen molar-refractivity contribution in [3.05, 3.63) is 47.0 Å². The van der Waals surface area contributed by atoms with Crippen molar-refractivity contribution in [3.63, 3.8) is 0 Å².